The molecule has 0 bridgehead atoms. The summed E-state index contributed by atoms with van der Waals surface area (Å²) in [6, 6.07) is 11.2. The van der Waals surface area contributed by atoms with Gasteiger partial charge in [0.15, 0.2) is 0 Å². The summed E-state index contributed by atoms with van der Waals surface area (Å²) in [5, 5.41) is 13.0. The second-order valence-electron chi connectivity index (χ2n) is 7.03. The Hall–Kier alpha value is -2.64. The van der Waals surface area contributed by atoms with Crippen LogP contribution in [0.25, 0.3) is 11.0 Å². The van der Waals surface area contributed by atoms with Crippen LogP contribution >= 0.6 is 11.6 Å². The summed E-state index contributed by atoms with van der Waals surface area (Å²) in [6.07, 6.45) is 2.93. The molecular formula is C20H22ClN5O2. The molecule has 0 aliphatic heterocycles. The van der Waals surface area contributed by atoms with Crippen molar-refractivity contribution in [2.75, 3.05) is 12.4 Å². The average Bonchev–Trinajstić information content (AvgIpc) is 3.06. The fourth-order valence-electron chi connectivity index (χ4n) is 3.76. The molecular weight excluding hydrogens is 378 g/mol. The van der Waals surface area contributed by atoms with Crippen LogP contribution in [0.15, 0.2) is 41.4 Å². The zero-order valence-corrected chi connectivity index (χ0v) is 16.3. The Morgan fingerprint density at radius 3 is 2.79 bits per heavy atom. The maximum Gasteiger partial charge on any atom is 0.280 e. The number of para-hydroxylation sites is 2. The van der Waals surface area contributed by atoms with E-state index in [4.69, 9.17) is 11.6 Å². The number of halogens is 1. The van der Waals surface area contributed by atoms with Crippen molar-refractivity contribution >= 4 is 34.4 Å². The Labute approximate surface area is 167 Å². The van der Waals surface area contributed by atoms with Crippen LogP contribution in [0.4, 0.5) is 5.82 Å². The van der Waals surface area contributed by atoms with Crippen molar-refractivity contribution in [1.29, 1.82) is 0 Å². The molecule has 2 aromatic heterocycles. The number of aliphatic hydroxyl groups is 1. The zero-order chi connectivity index (χ0) is 19.7. The number of rotatable bonds is 3. The number of fused-ring (bicyclic) bond motifs is 1. The topological polar surface area (TPSA) is 95.3 Å². The third-order valence-corrected chi connectivity index (χ3v) is 5.37. The van der Waals surface area contributed by atoms with Crippen molar-refractivity contribution in [2.45, 2.75) is 37.8 Å². The number of carbonyl (C=O) groups excluding carboxylic acids is 1. The number of hydrogen-bond acceptors (Lipinski definition) is 4. The first-order valence-electron chi connectivity index (χ1n) is 9.37. The number of aliphatic hydroxyl groups excluding tert-OH is 1. The number of aromatic nitrogens is 3. The van der Waals surface area contributed by atoms with Gasteiger partial charge in [-0.3, -0.25) is 4.79 Å². The third kappa shape index (κ3) is 3.68. The van der Waals surface area contributed by atoms with Gasteiger partial charge in [-0.25, -0.2) is 4.98 Å². The molecule has 7 nitrogen and oxygen atoms in total. The first kappa shape index (κ1) is 18.7. The Morgan fingerprint density at radius 2 is 2.04 bits per heavy atom. The second kappa shape index (κ2) is 7.77. The Balaban J connectivity index is 1.80. The molecule has 1 fully saturated rings. The number of imidazole rings is 1. The summed E-state index contributed by atoms with van der Waals surface area (Å²) in [5.41, 5.74) is 2.79. The van der Waals surface area contributed by atoms with Gasteiger partial charge in [-0.2, -0.15) is 4.99 Å². The molecule has 0 spiro atoms. The van der Waals surface area contributed by atoms with Crippen LogP contribution in [0.1, 0.15) is 42.1 Å². The molecule has 1 aliphatic carbocycles. The Bertz CT molecular complexity index is 1080. The molecule has 1 aromatic carbocycles. The lowest BCUT2D eigenvalue weighted by Gasteiger charge is -2.27. The quantitative estimate of drug-likeness (QED) is 0.589. The summed E-state index contributed by atoms with van der Waals surface area (Å²) in [5.74, 6) is 0.119. The highest BCUT2D eigenvalue weighted by atomic mass is 35.5. The summed E-state index contributed by atoms with van der Waals surface area (Å²) in [4.78, 5) is 24.6. The van der Waals surface area contributed by atoms with Crippen LogP contribution in [0.2, 0.25) is 5.15 Å². The number of nitrogens with one attached hydrogen (secondary N) is 2. The summed E-state index contributed by atoms with van der Waals surface area (Å²) >= 11 is 6.03. The van der Waals surface area contributed by atoms with Crippen LogP contribution in [0.3, 0.4) is 0 Å². The first-order chi connectivity index (χ1) is 13.5. The highest BCUT2D eigenvalue weighted by Gasteiger charge is 2.23. The minimum absolute atomic E-state index is 0.181. The molecule has 1 amide bonds. The molecule has 1 saturated carbocycles. The van der Waals surface area contributed by atoms with Crippen molar-refractivity contribution in [1.82, 2.24) is 14.5 Å². The first-order valence-corrected chi connectivity index (χ1v) is 9.74. The largest absolute Gasteiger partial charge is 0.393 e. The predicted molar refractivity (Wildman–Crippen MR) is 108 cm³/mol. The molecule has 4 rings (SSSR count). The van der Waals surface area contributed by atoms with Crippen molar-refractivity contribution in [2.24, 2.45) is 4.99 Å². The van der Waals surface area contributed by atoms with E-state index in [0.29, 0.717) is 17.0 Å². The number of benzene rings is 1. The van der Waals surface area contributed by atoms with Gasteiger partial charge in [0.25, 0.3) is 5.91 Å². The molecule has 3 N–H and O–H groups in total. The van der Waals surface area contributed by atoms with Crippen LogP contribution < -0.4 is 10.9 Å². The average molecular weight is 400 g/mol. The van der Waals surface area contributed by atoms with E-state index in [9.17, 15) is 9.90 Å². The molecule has 0 saturated heterocycles. The molecule has 8 heteroatoms. The number of H-pyrrole nitrogens is 1. The Kier molecular flexibility index (Phi) is 5.19. The summed E-state index contributed by atoms with van der Waals surface area (Å²) in [6.45, 7) is 0. The van der Waals surface area contributed by atoms with Crippen LogP contribution in [0, 0.1) is 0 Å². The van der Waals surface area contributed by atoms with E-state index in [1.54, 1.807) is 13.1 Å². The third-order valence-electron chi connectivity index (χ3n) is 5.17. The summed E-state index contributed by atoms with van der Waals surface area (Å²) < 4.78 is 2.08. The van der Waals surface area contributed by atoms with Gasteiger partial charge in [-0.05, 0) is 49.9 Å². The van der Waals surface area contributed by atoms with Gasteiger partial charge in [0.1, 0.15) is 11.0 Å². The lowest BCUT2D eigenvalue weighted by molar-refractivity contribution is 0.0990. The minimum atomic E-state index is -0.392. The molecule has 0 unspecified atom stereocenters. The maximum atomic E-state index is 12.8. The SMILES string of the molecule is CNc1cc(C(=O)/N=c2\[nH]c3ccccc3n2[C@H]2CC[C@@H](O)CC2)cc(Cl)n1. The molecule has 0 atom stereocenters. The normalized spacial score (nSPS) is 20.5. The molecule has 2 heterocycles. The molecule has 146 valence electrons. The fourth-order valence-corrected chi connectivity index (χ4v) is 3.97. The maximum absolute atomic E-state index is 12.8. The van der Waals surface area contributed by atoms with Crippen molar-refractivity contribution in [3.8, 4) is 0 Å². The van der Waals surface area contributed by atoms with E-state index in [1.807, 2.05) is 24.3 Å². The highest BCUT2D eigenvalue weighted by Crippen LogP contribution is 2.29. The monoisotopic (exact) mass is 399 g/mol. The van der Waals surface area contributed by atoms with E-state index in [1.165, 1.54) is 6.07 Å². The lowest BCUT2D eigenvalue weighted by atomic mass is 9.93. The fraction of sp³-hybridized carbons (Fsp3) is 0.350. The van der Waals surface area contributed by atoms with Gasteiger partial charge >= 0.3 is 0 Å². The minimum Gasteiger partial charge on any atom is -0.393 e. The Morgan fingerprint density at radius 1 is 1.29 bits per heavy atom. The van der Waals surface area contributed by atoms with Crippen LogP contribution in [-0.4, -0.2) is 38.7 Å². The predicted octanol–water partition coefficient (Wildman–Crippen LogP) is 3.28. The van der Waals surface area contributed by atoms with E-state index in [2.05, 4.69) is 24.8 Å². The lowest BCUT2D eigenvalue weighted by Crippen LogP contribution is -2.29. The number of hydrogen-bond donors (Lipinski definition) is 3. The van der Waals surface area contributed by atoms with Gasteiger partial charge in [0.05, 0.1) is 17.1 Å². The van der Waals surface area contributed by atoms with Gasteiger partial charge < -0.3 is 20.0 Å². The van der Waals surface area contributed by atoms with Gasteiger partial charge in [0, 0.05) is 18.7 Å². The number of nitrogens with zero attached hydrogens (tertiary/aromatic N) is 3. The molecule has 1 aliphatic rings. The van der Waals surface area contributed by atoms with E-state index >= 15 is 0 Å². The van der Waals surface area contributed by atoms with Crippen molar-refractivity contribution in [3.63, 3.8) is 0 Å². The van der Waals surface area contributed by atoms with Crippen molar-refractivity contribution in [3.05, 3.63) is 52.7 Å². The number of amides is 1. The number of pyridine rings is 1. The van der Waals surface area contributed by atoms with Crippen LogP contribution in [-0.2, 0) is 0 Å². The van der Waals surface area contributed by atoms with E-state index in [-0.39, 0.29) is 17.3 Å². The van der Waals surface area contributed by atoms with Gasteiger partial charge in [-0.15, -0.1) is 0 Å². The molecule has 28 heavy (non-hydrogen) atoms. The van der Waals surface area contributed by atoms with E-state index in [0.717, 1.165) is 36.7 Å². The second-order valence-corrected chi connectivity index (χ2v) is 7.42. The molecule has 0 radical (unpaired) electrons. The summed E-state index contributed by atoms with van der Waals surface area (Å²) in [7, 11) is 1.72. The molecule has 3 aromatic rings. The standard InChI is InChI=1S/C20H22ClN5O2/c1-22-18-11-12(10-17(21)24-18)19(28)25-20-23-15-4-2-3-5-16(15)26(20)13-6-8-14(27)9-7-13/h2-5,10-11,13-14,27H,6-9H2,1H3,(H,22,24)(H,23,25,28)/t13-,14+. The van der Waals surface area contributed by atoms with Crippen LogP contribution in [0.5, 0.6) is 0 Å². The number of anilines is 1. The van der Waals surface area contributed by atoms with Gasteiger partial charge in [0.2, 0.25) is 5.62 Å². The van der Waals surface area contributed by atoms with E-state index < -0.39 is 5.91 Å². The number of carbonyl (C=O) groups is 1. The highest BCUT2D eigenvalue weighted by molar-refractivity contribution is 6.29. The zero-order valence-electron chi connectivity index (χ0n) is 15.5. The number of aromatic amines is 1. The van der Waals surface area contributed by atoms with Gasteiger partial charge in [-0.1, -0.05) is 23.7 Å². The van der Waals surface area contributed by atoms with Crippen molar-refractivity contribution < 1.29 is 9.90 Å². The smallest absolute Gasteiger partial charge is 0.280 e.